The fourth-order valence-corrected chi connectivity index (χ4v) is 6.72. The van der Waals surface area contributed by atoms with Crippen LogP contribution in [0.25, 0.3) is 0 Å². The molecule has 2 unspecified atom stereocenters. The molecule has 4 nitrogen and oxygen atoms in total. The van der Waals surface area contributed by atoms with Crippen molar-refractivity contribution < 1.29 is 8.42 Å². The molecule has 3 fully saturated rings. The predicted molar refractivity (Wildman–Crippen MR) is 81.1 cm³/mol. The van der Waals surface area contributed by atoms with Gasteiger partial charge in [0.2, 0.25) is 10.0 Å². The maximum absolute atomic E-state index is 13.0. The first kappa shape index (κ1) is 14.8. The first-order valence-electron chi connectivity index (χ1n) is 8.38. The first-order chi connectivity index (χ1) is 9.61. The van der Waals surface area contributed by atoms with Crippen LogP contribution in [0.4, 0.5) is 0 Å². The van der Waals surface area contributed by atoms with Gasteiger partial charge in [0.25, 0.3) is 0 Å². The molecule has 1 saturated carbocycles. The minimum Gasteiger partial charge on any atom is -0.311 e. The van der Waals surface area contributed by atoms with Crippen molar-refractivity contribution in [2.75, 3.05) is 6.54 Å². The lowest BCUT2D eigenvalue weighted by molar-refractivity contribution is 0.228. The maximum Gasteiger partial charge on any atom is 0.217 e. The number of fused-ring (bicyclic) bond motifs is 2. The van der Waals surface area contributed by atoms with Crippen molar-refractivity contribution in [1.82, 2.24) is 9.62 Å². The fraction of sp³-hybridized carbons (Fsp3) is 1.00. The van der Waals surface area contributed by atoms with Gasteiger partial charge in [0.15, 0.2) is 0 Å². The summed E-state index contributed by atoms with van der Waals surface area (Å²) in [7, 11) is -3.09. The van der Waals surface area contributed by atoms with Crippen molar-refractivity contribution in [3.8, 4) is 0 Å². The van der Waals surface area contributed by atoms with Crippen LogP contribution in [0.2, 0.25) is 0 Å². The van der Waals surface area contributed by atoms with Gasteiger partial charge in [0.1, 0.15) is 0 Å². The van der Waals surface area contributed by atoms with E-state index in [-0.39, 0.29) is 11.3 Å². The van der Waals surface area contributed by atoms with Crippen LogP contribution in [-0.4, -0.2) is 42.6 Å². The van der Waals surface area contributed by atoms with E-state index in [9.17, 15) is 8.42 Å². The Morgan fingerprint density at radius 1 is 1.00 bits per heavy atom. The second-order valence-electron chi connectivity index (χ2n) is 6.77. The maximum atomic E-state index is 13.0. The Morgan fingerprint density at radius 2 is 1.60 bits per heavy atom. The van der Waals surface area contributed by atoms with Gasteiger partial charge in [0.05, 0.1) is 5.25 Å². The smallest absolute Gasteiger partial charge is 0.217 e. The van der Waals surface area contributed by atoms with Gasteiger partial charge >= 0.3 is 0 Å². The summed E-state index contributed by atoms with van der Waals surface area (Å²) in [6.45, 7) is 2.65. The van der Waals surface area contributed by atoms with E-state index in [0.717, 1.165) is 38.5 Å². The molecule has 116 valence electrons. The quantitative estimate of drug-likeness (QED) is 0.866. The Hall–Kier alpha value is -0.130. The first-order valence-corrected chi connectivity index (χ1v) is 9.88. The van der Waals surface area contributed by atoms with E-state index in [1.165, 1.54) is 19.3 Å². The highest BCUT2D eigenvalue weighted by atomic mass is 32.2. The van der Waals surface area contributed by atoms with Crippen molar-refractivity contribution >= 4 is 10.0 Å². The molecule has 3 rings (SSSR count). The molecule has 2 saturated heterocycles. The van der Waals surface area contributed by atoms with E-state index in [0.29, 0.717) is 18.6 Å². The molecule has 0 aromatic carbocycles. The van der Waals surface area contributed by atoms with E-state index >= 15 is 0 Å². The molecule has 0 radical (unpaired) electrons. The predicted octanol–water partition coefficient (Wildman–Crippen LogP) is 2.25. The number of nitrogens with one attached hydrogen (secondary N) is 1. The molecule has 1 N–H and O–H groups in total. The SMILES string of the molecule is CCN(C1CC2CCC(C1)N2)S(=O)(=O)C1CCCCC1. The number of piperidine rings is 1. The zero-order valence-corrected chi connectivity index (χ0v) is 13.4. The van der Waals surface area contributed by atoms with Gasteiger partial charge < -0.3 is 5.32 Å². The molecule has 2 aliphatic heterocycles. The zero-order valence-electron chi connectivity index (χ0n) is 12.6. The molecule has 0 spiro atoms. The van der Waals surface area contributed by atoms with Gasteiger partial charge in [-0.1, -0.05) is 26.2 Å². The van der Waals surface area contributed by atoms with Crippen LogP contribution in [0.5, 0.6) is 0 Å². The Morgan fingerprint density at radius 3 is 2.15 bits per heavy atom. The van der Waals surface area contributed by atoms with Crippen LogP contribution >= 0.6 is 0 Å². The van der Waals surface area contributed by atoms with Gasteiger partial charge in [-0.05, 0) is 38.5 Å². The van der Waals surface area contributed by atoms with E-state index in [4.69, 9.17) is 0 Å². The molecule has 1 aliphatic carbocycles. The van der Waals surface area contributed by atoms with Crippen molar-refractivity contribution in [3.63, 3.8) is 0 Å². The molecule has 20 heavy (non-hydrogen) atoms. The highest BCUT2D eigenvalue weighted by molar-refractivity contribution is 7.89. The van der Waals surface area contributed by atoms with E-state index in [1.807, 2.05) is 11.2 Å². The summed E-state index contributed by atoms with van der Waals surface area (Å²) < 4.78 is 27.8. The van der Waals surface area contributed by atoms with Gasteiger partial charge in [-0.15, -0.1) is 0 Å². The molecule has 5 heteroatoms. The zero-order chi connectivity index (χ0) is 14.2. The Bertz CT molecular complexity index is 419. The molecule has 2 heterocycles. The Labute approximate surface area is 123 Å². The summed E-state index contributed by atoms with van der Waals surface area (Å²) >= 11 is 0. The summed E-state index contributed by atoms with van der Waals surface area (Å²) in [4.78, 5) is 0. The molecule has 0 aromatic heterocycles. The Kier molecular flexibility index (Phi) is 4.39. The molecule has 3 aliphatic rings. The topological polar surface area (TPSA) is 49.4 Å². The van der Waals surface area contributed by atoms with Gasteiger partial charge in [-0.3, -0.25) is 0 Å². The minimum atomic E-state index is -3.09. The van der Waals surface area contributed by atoms with Crippen LogP contribution in [0.3, 0.4) is 0 Å². The van der Waals surface area contributed by atoms with E-state index < -0.39 is 10.0 Å². The van der Waals surface area contributed by atoms with Gasteiger partial charge in [0, 0.05) is 24.7 Å². The van der Waals surface area contributed by atoms with Gasteiger partial charge in [-0.2, -0.15) is 4.31 Å². The highest BCUT2D eigenvalue weighted by Crippen LogP contribution is 2.34. The second-order valence-corrected chi connectivity index (χ2v) is 8.94. The average Bonchev–Trinajstić information content (AvgIpc) is 2.79. The van der Waals surface area contributed by atoms with E-state index in [2.05, 4.69) is 5.32 Å². The van der Waals surface area contributed by atoms with Crippen LogP contribution in [-0.2, 0) is 10.0 Å². The normalized spacial score (nSPS) is 35.6. The largest absolute Gasteiger partial charge is 0.311 e. The summed E-state index contributed by atoms with van der Waals surface area (Å²) in [5, 5.41) is 3.50. The molecule has 0 amide bonds. The van der Waals surface area contributed by atoms with E-state index in [1.54, 1.807) is 0 Å². The van der Waals surface area contributed by atoms with Gasteiger partial charge in [-0.25, -0.2) is 8.42 Å². The van der Waals surface area contributed by atoms with Crippen molar-refractivity contribution in [2.24, 2.45) is 0 Å². The number of nitrogens with zero attached hydrogens (tertiary/aromatic N) is 1. The third-order valence-corrected chi connectivity index (χ3v) is 7.99. The van der Waals surface area contributed by atoms with Crippen molar-refractivity contribution in [1.29, 1.82) is 0 Å². The van der Waals surface area contributed by atoms with Crippen molar-refractivity contribution in [2.45, 2.75) is 88.1 Å². The summed E-state index contributed by atoms with van der Waals surface area (Å²) in [6.07, 6.45) is 9.58. The molecule has 0 aromatic rings. The monoisotopic (exact) mass is 300 g/mol. The fourth-order valence-electron chi connectivity index (χ4n) is 4.46. The van der Waals surface area contributed by atoms with Crippen molar-refractivity contribution in [3.05, 3.63) is 0 Å². The summed E-state index contributed by atoms with van der Waals surface area (Å²) in [5.41, 5.74) is 0. The minimum absolute atomic E-state index is 0.108. The molecule has 2 bridgehead atoms. The number of sulfonamides is 1. The standard InChI is InChI=1S/C15H28N2O2S/c1-2-17(14-10-12-8-9-13(11-14)16-12)20(18,19)15-6-4-3-5-7-15/h12-16H,2-11H2,1H3. The third kappa shape index (κ3) is 2.77. The lowest BCUT2D eigenvalue weighted by atomic mass is 10.00. The van der Waals surface area contributed by atoms with Crippen LogP contribution in [0.1, 0.15) is 64.7 Å². The number of rotatable bonds is 4. The average molecular weight is 300 g/mol. The second kappa shape index (κ2) is 5.93. The van der Waals surface area contributed by atoms with Crippen LogP contribution in [0.15, 0.2) is 0 Å². The van der Waals surface area contributed by atoms with Crippen LogP contribution < -0.4 is 5.32 Å². The van der Waals surface area contributed by atoms with Crippen LogP contribution in [0, 0.1) is 0 Å². The molecule has 2 atom stereocenters. The summed E-state index contributed by atoms with van der Waals surface area (Å²) in [6, 6.07) is 1.34. The molecular formula is C15H28N2O2S. The third-order valence-electron chi connectivity index (χ3n) is 5.47. The molecular weight excluding hydrogens is 272 g/mol. The lowest BCUT2D eigenvalue weighted by Crippen LogP contribution is -2.52. The number of hydrogen-bond donors (Lipinski definition) is 1. The highest BCUT2D eigenvalue weighted by Gasteiger charge is 2.41. The summed E-state index contributed by atoms with van der Waals surface area (Å²) in [5.74, 6) is 0. The Balaban J connectivity index is 1.74. The lowest BCUT2D eigenvalue weighted by Gasteiger charge is -2.38. The number of hydrogen-bond acceptors (Lipinski definition) is 3.